The van der Waals surface area contributed by atoms with Gasteiger partial charge in [0.2, 0.25) is 0 Å². The van der Waals surface area contributed by atoms with Gasteiger partial charge in [0.25, 0.3) is 0 Å². The first kappa shape index (κ1) is 34.6. The predicted molar refractivity (Wildman–Crippen MR) is 126 cm³/mol. The fourth-order valence-electron chi connectivity index (χ4n) is 1.95. The molecule has 0 aromatic carbocycles. The van der Waals surface area contributed by atoms with E-state index in [2.05, 4.69) is 102 Å². The van der Waals surface area contributed by atoms with Crippen LogP contribution >= 0.6 is 24.8 Å². The van der Waals surface area contributed by atoms with Crippen LogP contribution in [-0.2, 0) is 25.8 Å². The van der Waals surface area contributed by atoms with Crippen molar-refractivity contribution in [2.24, 2.45) is 5.41 Å². The fourth-order valence-corrected chi connectivity index (χ4v) is 1.95. The first-order chi connectivity index (χ1) is 11.3. The maximum atomic E-state index is 3.30. The minimum Gasteiger partial charge on any atom is -0.270 e. The summed E-state index contributed by atoms with van der Waals surface area (Å²) in [4.78, 5) is 0. The zero-order valence-electron chi connectivity index (χ0n) is 18.0. The molecule has 27 heavy (non-hydrogen) atoms. The van der Waals surface area contributed by atoms with Crippen LogP contribution in [0.4, 0.5) is 0 Å². The maximum absolute atomic E-state index is 3.30. The van der Waals surface area contributed by atoms with Crippen molar-refractivity contribution in [3.8, 4) is 0 Å². The van der Waals surface area contributed by atoms with Crippen LogP contribution in [-0.4, -0.2) is 9.52 Å². The largest absolute Gasteiger partial charge is 0.270 e. The van der Waals surface area contributed by atoms with Crippen LogP contribution in [0.5, 0.6) is 0 Å². The zero-order valence-corrected chi connectivity index (χ0v) is 24.4. The molecule has 0 N–H and O–H groups in total. The third-order valence-corrected chi connectivity index (χ3v) is 3.24. The molecule has 3 aliphatic carbocycles. The molecule has 3 aliphatic rings. The Bertz CT molecular complexity index is 500. The van der Waals surface area contributed by atoms with E-state index >= 15 is 0 Å². The number of allylic oxidation sites excluding steroid dienone is 12. The van der Waals surface area contributed by atoms with Crippen LogP contribution in [0.15, 0.2) is 53.2 Å². The smallest absolute Gasteiger partial charge is 0.0213 e. The zero-order chi connectivity index (χ0) is 18.4. The molecule has 0 aliphatic heterocycles. The Labute approximate surface area is 202 Å². The summed E-state index contributed by atoms with van der Waals surface area (Å²) in [5.74, 6) is 0. The summed E-state index contributed by atoms with van der Waals surface area (Å²) in [7, 11) is 0.750. The summed E-state index contributed by atoms with van der Waals surface area (Å²) >= 11 is 0. The molecule has 0 nitrogen and oxygen atoms in total. The maximum Gasteiger partial charge on any atom is 0.0213 e. The van der Waals surface area contributed by atoms with E-state index in [4.69, 9.17) is 0 Å². The molecule has 0 heterocycles. The van der Waals surface area contributed by atoms with Gasteiger partial charge in [-0.25, -0.2) is 34.9 Å². The molecule has 0 amide bonds. The van der Waals surface area contributed by atoms with Gasteiger partial charge < -0.3 is 0 Å². The first-order valence-corrected chi connectivity index (χ1v) is 11.1. The van der Waals surface area contributed by atoms with E-state index in [1.165, 1.54) is 16.7 Å². The number of rotatable bonds is 0. The van der Waals surface area contributed by atoms with Crippen molar-refractivity contribution in [3.63, 3.8) is 0 Å². The van der Waals surface area contributed by atoms with E-state index in [1.54, 1.807) is 0 Å². The molecule has 0 fully saturated rings. The van der Waals surface area contributed by atoms with Crippen LogP contribution in [0.2, 0.25) is 13.1 Å². The van der Waals surface area contributed by atoms with E-state index in [-0.39, 0.29) is 50.7 Å². The van der Waals surface area contributed by atoms with Gasteiger partial charge in [0, 0.05) is 35.4 Å². The van der Waals surface area contributed by atoms with Crippen LogP contribution in [0, 0.1) is 23.6 Å². The Morgan fingerprint density at radius 3 is 1.19 bits per heavy atom. The van der Waals surface area contributed by atoms with E-state index in [1.807, 2.05) is 0 Å². The normalized spacial score (nSPS) is 15.0. The van der Waals surface area contributed by atoms with Gasteiger partial charge in [0.05, 0.1) is 0 Å². The minimum absolute atomic E-state index is 0. The summed E-state index contributed by atoms with van der Waals surface area (Å²) < 4.78 is 0. The number of hydrogen-bond acceptors (Lipinski definition) is 0. The molecule has 0 saturated carbocycles. The SMILES string of the molecule is CC(C)(C)C1=[C-]CC=C1.CC1=[C-]CC=C1.CC1=[C-]CC=C1.C[SiH]C.Cl.Cl.[Hf]. The van der Waals surface area contributed by atoms with Gasteiger partial charge >= 0.3 is 0 Å². The predicted octanol–water partition coefficient (Wildman–Crippen LogP) is 7.47. The molecule has 153 valence electrons. The van der Waals surface area contributed by atoms with Crippen LogP contribution in [0.1, 0.15) is 53.9 Å². The van der Waals surface area contributed by atoms with E-state index in [9.17, 15) is 0 Å². The molecule has 0 bridgehead atoms. The van der Waals surface area contributed by atoms with Gasteiger partial charge in [-0.2, -0.15) is 18.2 Å². The standard InChI is InChI=1S/C9H13.2C6H7.C2H7Si.2ClH.Hf/c1-9(2,3)8-6-4-5-7-8;2*1-6-4-2-3-5-6;1-3-2;;;/h4,6H,5H2,1-3H3;2*2,4H,3H2,1H3;3H,1-2H3;2*1H;/q3*-1;;;;. The van der Waals surface area contributed by atoms with Gasteiger partial charge in [0.15, 0.2) is 0 Å². The summed E-state index contributed by atoms with van der Waals surface area (Å²) in [6.07, 6.45) is 25.3. The summed E-state index contributed by atoms with van der Waals surface area (Å²) in [6.45, 7) is 15.2. The second kappa shape index (κ2) is 20.8. The van der Waals surface area contributed by atoms with Crippen molar-refractivity contribution in [1.29, 1.82) is 0 Å². The molecule has 0 atom stereocenters. The van der Waals surface area contributed by atoms with Crippen molar-refractivity contribution in [1.82, 2.24) is 0 Å². The van der Waals surface area contributed by atoms with Gasteiger partial charge in [-0.3, -0.25) is 18.2 Å². The molecule has 4 heteroatoms. The summed E-state index contributed by atoms with van der Waals surface area (Å²) in [6, 6.07) is 0. The van der Waals surface area contributed by atoms with Gasteiger partial charge in [0.1, 0.15) is 0 Å². The molecule has 0 aromatic heterocycles. The van der Waals surface area contributed by atoms with Crippen LogP contribution < -0.4 is 0 Å². The molecular formula is C23H36Cl2HfSi-3. The molecular weight excluding hydrogens is 554 g/mol. The fraction of sp³-hybridized carbons (Fsp3) is 0.478. The van der Waals surface area contributed by atoms with Gasteiger partial charge in [-0.15, -0.1) is 44.1 Å². The Hall–Kier alpha value is 0.107. The van der Waals surface area contributed by atoms with Crippen LogP contribution in [0.3, 0.4) is 0 Å². The van der Waals surface area contributed by atoms with E-state index < -0.39 is 0 Å². The second-order valence-corrected chi connectivity index (χ2v) is 8.11. The van der Waals surface area contributed by atoms with Crippen molar-refractivity contribution in [2.75, 3.05) is 0 Å². The number of halogens is 2. The van der Waals surface area contributed by atoms with Crippen molar-refractivity contribution in [2.45, 2.75) is 67.0 Å². The van der Waals surface area contributed by atoms with Gasteiger partial charge in [-0.05, 0) is 5.41 Å². The molecule has 0 unspecified atom stereocenters. The topological polar surface area (TPSA) is 0 Å². The van der Waals surface area contributed by atoms with Crippen molar-refractivity contribution in [3.05, 3.63) is 71.4 Å². The third-order valence-electron chi connectivity index (χ3n) is 3.24. The van der Waals surface area contributed by atoms with E-state index in [0.717, 1.165) is 28.8 Å². The molecule has 0 aromatic rings. The monoisotopic (exact) mass is 590 g/mol. The molecule has 1 radical (unpaired) electrons. The van der Waals surface area contributed by atoms with Crippen molar-refractivity contribution >= 4 is 34.3 Å². The summed E-state index contributed by atoms with van der Waals surface area (Å²) in [5, 5.41) is 0. The third kappa shape index (κ3) is 20.6. The molecule has 0 saturated heterocycles. The first-order valence-electron chi connectivity index (χ1n) is 8.81. The molecule has 3 rings (SSSR count). The second-order valence-electron chi connectivity index (χ2n) is 6.96. The number of hydrogen-bond donors (Lipinski definition) is 0. The average molecular weight is 590 g/mol. The van der Waals surface area contributed by atoms with E-state index in [0.29, 0.717) is 5.41 Å². The molecule has 0 spiro atoms. The quantitative estimate of drug-likeness (QED) is 0.203. The van der Waals surface area contributed by atoms with Gasteiger partial charge in [-0.1, -0.05) is 47.7 Å². The Kier molecular flexibility index (Phi) is 26.7. The summed E-state index contributed by atoms with van der Waals surface area (Å²) in [5.41, 5.74) is 4.19. The Balaban J connectivity index is -0.000000133. The Morgan fingerprint density at radius 1 is 0.741 bits per heavy atom. The Morgan fingerprint density at radius 2 is 1.07 bits per heavy atom. The average Bonchev–Trinajstić information content (AvgIpc) is 3.21. The minimum atomic E-state index is 0. The van der Waals surface area contributed by atoms with Crippen LogP contribution in [0.25, 0.3) is 0 Å². The van der Waals surface area contributed by atoms with Crippen molar-refractivity contribution < 1.29 is 25.8 Å².